The van der Waals surface area contributed by atoms with Crippen LogP contribution in [0.4, 0.5) is 4.79 Å². The van der Waals surface area contributed by atoms with Gasteiger partial charge in [-0.3, -0.25) is 0 Å². The number of amides is 1. The number of fused-ring (bicyclic) bond motifs is 1. The average Bonchev–Trinajstić information content (AvgIpc) is 3.05. The minimum Gasteiger partial charge on any atom is -0.450 e. The van der Waals surface area contributed by atoms with E-state index < -0.39 is 10.2 Å². The van der Waals surface area contributed by atoms with E-state index in [9.17, 15) is 13.2 Å². The number of hydrogen-bond acceptors (Lipinski definition) is 5. The standard InChI is InChI=1S/C15H23N3O4S2/c1-3-22-15(19)16-7-9-17(10-8-16)24(20,21)18-6-4-14-13(12(18)2)5-11-23-14/h5,11-12H,3-4,6-10H2,1-2H3. The van der Waals surface area contributed by atoms with Crippen LogP contribution in [-0.2, 0) is 21.4 Å². The molecule has 1 aromatic heterocycles. The lowest BCUT2D eigenvalue weighted by molar-refractivity contribution is 0.0920. The minimum absolute atomic E-state index is 0.145. The van der Waals surface area contributed by atoms with Crippen molar-refractivity contribution < 1.29 is 17.9 Å². The first-order valence-electron chi connectivity index (χ1n) is 8.20. The van der Waals surface area contributed by atoms with Crippen molar-refractivity contribution >= 4 is 27.6 Å². The molecule has 2 aliphatic heterocycles. The summed E-state index contributed by atoms with van der Waals surface area (Å²) >= 11 is 1.69. The van der Waals surface area contributed by atoms with E-state index in [0.717, 1.165) is 12.0 Å². The van der Waals surface area contributed by atoms with E-state index in [1.54, 1.807) is 27.5 Å². The highest BCUT2D eigenvalue weighted by Crippen LogP contribution is 2.35. The van der Waals surface area contributed by atoms with Gasteiger partial charge in [-0.1, -0.05) is 0 Å². The Hall–Kier alpha value is -1.16. The van der Waals surface area contributed by atoms with Crippen LogP contribution >= 0.6 is 11.3 Å². The molecule has 1 aromatic rings. The second-order valence-electron chi connectivity index (χ2n) is 5.93. The monoisotopic (exact) mass is 373 g/mol. The summed E-state index contributed by atoms with van der Waals surface area (Å²) in [4.78, 5) is 14.6. The molecule has 0 aromatic carbocycles. The lowest BCUT2D eigenvalue weighted by Gasteiger charge is -2.39. The SMILES string of the molecule is CCOC(=O)N1CCN(S(=O)(=O)N2CCc3sccc3C2C)CC1. The summed E-state index contributed by atoms with van der Waals surface area (Å²) in [5.41, 5.74) is 1.11. The zero-order chi connectivity index (χ0) is 17.3. The summed E-state index contributed by atoms with van der Waals surface area (Å²) in [5.74, 6) is 0. The molecule has 134 valence electrons. The Bertz CT molecular complexity index is 695. The number of thiophene rings is 1. The Morgan fingerprint density at radius 2 is 2.00 bits per heavy atom. The Balaban J connectivity index is 1.68. The van der Waals surface area contributed by atoms with Gasteiger partial charge in [-0.25, -0.2) is 4.79 Å². The molecule has 0 radical (unpaired) electrons. The molecule has 3 rings (SSSR count). The first-order valence-corrected chi connectivity index (χ1v) is 10.5. The zero-order valence-corrected chi connectivity index (χ0v) is 15.6. The minimum atomic E-state index is -3.52. The second-order valence-corrected chi connectivity index (χ2v) is 8.81. The fourth-order valence-corrected chi connectivity index (χ4v) is 5.99. The fourth-order valence-electron chi connectivity index (χ4n) is 3.27. The molecule has 1 unspecified atom stereocenters. The molecule has 7 nitrogen and oxygen atoms in total. The summed E-state index contributed by atoms with van der Waals surface area (Å²) in [5, 5.41) is 2.02. The van der Waals surface area contributed by atoms with Gasteiger partial charge in [0.2, 0.25) is 0 Å². The van der Waals surface area contributed by atoms with E-state index in [0.29, 0.717) is 39.3 Å². The molecule has 0 spiro atoms. The maximum Gasteiger partial charge on any atom is 0.409 e. The Kier molecular flexibility index (Phi) is 5.14. The van der Waals surface area contributed by atoms with Crippen LogP contribution in [0, 0.1) is 0 Å². The zero-order valence-electron chi connectivity index (χ0n) is 14.0. The molecular formula is C15H23N3O4S2. The molecule has 2 aliphatic rings. The molecule has 1 fully saturated rings. The van der Waals surface area contributed by atoms with Crippen molar-refractivity contribution in [1.82, 2.24) is 13.5 Å². The molecule has 24 heavy (non-hydrogen) atoms. The number of carbonyl (C=O) groups excluding carboxylic acids is 1. The van der Waals surface area contributed by atoms with E-state index in [1.165, 1.54) is 9.18 Å². The lowest BCUT2D eigenvalue weighted by Crippen LogP contribution is -2.55. The van der Waals surface area contributed by atoms with E-state index in [4.69, 9.17) is 4.74 Å². The van der Waals surface area contributed by atoms with E-state index >= 15 is 0 Å². The van der Waals surface area contributed by atoms with Gasteiger partial charge in [-0.05, 0) is 37.3 Å². The average molecular weight is 374 g/mol. The van der Waals surface area contributed by atoms with Gasteiger partial charge in [0.15, 0.2) is 0 Å². The number of rotatable bonds is 3. The van der Waals surface area contributed by atoms with Crippen LogP contribution < -0.4 is 0 Å². The van der Waals surface area contributed by atoms with Crippen LogP contribution in [0.3, 0.4) is 0 Å². The van der Waals surface area contributed by atoms with Crippen molar-refractivity contribution in [3.63, 3.8) is 0 Å². The molecule has 3 heterocycles. The maximum absolute atomic E-state index is 13.0. The smallest absolute Gasteiger partial charge is 0.409 e. The molecule has 1 saturated heterocycles. The van der Waals surface area contributed by atoms with Gasteiger partial charge in [0.05, 0.1) is 6.61 Å². The van der Waals surface area contributed by atoms with Crippen LogP contribution in [0.15, 0.2) is 11.4 Å². The largest absolute Gasteiger partial charge is 0.450 e. The molecule has 0 aliphatic carbocycles. The van der Waals surface area contributed by atoms with Crippen molar-refractivity contribution in [2.75, 3.05) is 39.3 Å². The third kappa shape index (κ3) is 3.17. The summed E-state index contributed by atoms with van der Waals surface area (Å²) in [6, 6.07) is 1.87. The molecule has 9 heteroatoms. The Morgan fingerprint density at radius 3 is 2.67 bits per heavy atom. The van der Waals surface area contributed by atoms with Crippen molar-refractivity contribution in [3.8, 4) is 0 Å². The predicted molar refractivity (Wildman–Crippen MR) is 92.2 cm³/mol. The molecule has 0 bridgehead atoms. The second kappa shape index (κ2) is 6.99. The quantitative estimate of drug-likeness (QED) is 0.808. The van der Waals surface area contributed by atoms with Crippen LogP contribution in [0.25, 0.3) is 0 Å². The van der Waals surface area contributed by atoms with Gasteiger partial charge in [-0.15, -0.1) is 11.3 Å². The van der Waals surface area contributed by atoms with Gasteiger partial charge in [0, 0.05) is 43.6 Å². The summed E-state index contributed by atoms with van der Waals surface area (Å²) < 4.78 is 34.1. The highest BCUT2D eigenvalue weighted by atomic mass is 32.2. The van der Waals surface area contributed by atoms with Crippen molar-refractivity contribution in [2.24, 2.45) is 0 Å². The van der Waals surface area contributed by atoms with E-state index in [-0.39, 0.29) is 12.1 Å². The predicted octanol–water partition coefficient (Wildman–Crippen LogP) is 1.69. The molecule has 0 saturated carbocycles. The van der Waals surface area contributed by atoms with Crippen LogP contribution in [0.2, 0.25) is 0 Å². The number of piperazine rings is 1. The third-order valence-corrected chi connectivity index (χ3v) is 7.71. The highest BCUT2D eigenvalue weighted by molar-refractivity contribution is 7.86. The van der Waals surface area contributed by atoms with E-state index in [1.807, 2.05) is 18.4 Å². The van der Waals surface area contributed by atoms with E-state index in [2.05, 4.69) is 0 Å². The van der Waals surface area contributed by atoms with Crippen molar-refractivity contribution in [1.29, 1.82) is 0 Å². The highest BCUT2D eigenvalue weighted by Gasteiger charge is 2.38. The number of carbonyl (C=O) groups is 1. The van der Waals surface area contributed by atoms with Gasteiger partial charge in [0.1, 0.15) is 0 Å². The molecule has 1 atom stereocenters. The topological polar surface area (TPSA) is 70.2 Å². The summed E-state index contributed by atoms with van der Waals surface area (Å²) in [6.45, 7) is 5.88. The van der Waals surface area contributed by atoms with Crippen LogP contribution in [0.1, 0.15) is 30.3 Å². The van der Waals surface area contributed by atoms with Gasteiger partial charge in [-0.2, -0.15) is 17.0 Å². The lowest BCUT2D eigenvalue weighted by atomic mass is 10.0. The Morgan fingerprint density at radius 1 is 1.29 bits per heavy atom. The molecule has 0 N–H and O–H groups in total. The van der Waals surface area contributed by atoms with Gasteiger partial charge in [0.25, 0.3) is 10.2 Å². The number of hydrogen-bond donors (Lipinski definition) is 0. The summed E-state index contributed by atoms with van der Waals surface area (Å²) in [6.07, 6.45) is 0.392. The van der Waals surface area contributed by atoms with Gasteiger partial charge >= 0.3 is 6.09 Å². The summed E-state index contributed by atoms with van der Waals surface area (Å²) in [7, 11) is -3.52. The van der Waals surface area contributed by atoms with Crippen LogP contribution in [-0.4, -0.2) is 67.4 Å². The normalized spacial score (nSPS) is 23.1. The first-order chi connectivity index (χ1) is 11.4. The first kappa shape index (κ1) is 17.7. The Labute approximate surface area is 147 Å². The van der Waals surface area contributed by atoms with Crippen molar-refractivity contribution in [3.05, 3.63) is 21.9 Å². The number of ether oxygens (including phenoxy) is 1. The fraction of sp³-hybridized carbons (Fsp3) is 0.667. The van der Waals surface area contributed by atoms with Crippen LogP contribution in [0.5, 0.6) is 0 Å². The molecule has 1 amide bonds. The van der Waals surface area contributed by atoms with Crippen molar-refractivity contribution in [2.45, 2.75) is 26.3 Å². The number of nitrogens with zero attached hydrogens (tertiary/aromatic N) is 3. The van der Waals surface area contributed by atoms with Gasteiger partial charge < -0.3 is 9.64 Å². The molecular weight excluding hydrogens is 350 g/mol. The third-order valence-electron chi connectivity index (χ3n) is 4.61. The maximum atomic E-state index is 13.0.